The van der Waals surface area contributed by atoms with Crippen molar-refractivity contribution in [2.45, 2.75) is 224 Å². The Morgan fingerprint density at radius 2 is 1.00 bits per heavy atom. The average molecular weight is 703 g/mol. The van der Waals surface area contributed by atoms with Gasteiger partial charge in [0.25, 0.3) is 0 Å². The maximum absolute atomic E-state index is 12.7. The third-order valence-electron chi connectivity index (χ3n) is 9.77. The summed E-state index contributed by atoms with van der Waals surface area (Å²) in [5.41, 5.74) is 0. The van der Waals surface area contributed by atoms with Crippen LogP contribution in [0.2, 0.25) is 0 Å². The van der Waals surface area contributed by atoms with Crippen molar-refractivity contribution < 1.29 is 44.2 Å². The average Bonchev–Trinajstić information content (AvgIpc) is 3.10. The summed E-state index contributed by atoms with van der Waals surface area (Å²) < 4.78 is 22.7. The predicted octanol–water partition coefficient (Wildman–Crippen LogP) is 8.30. The van der Waals surface area contributed by atoms with Gasteiger partial charge in [-0.3, -0.25) is 4.79 Å². The van der Waals surface area contributed by atoms with Gasteiger partial charge in [-0.15, -0.1) is 0 Å². The van der Waals surface area contributed by atoms with E-state index in [0.717, 1.165) is 32.1 Å². The van der Waals surface area contributed by atoms with E-state index in [2.05, 4.69) is 13.8 Å². The Labute approximate surface area is 300 Å². The zero-order valence-corrected chi connectivity index (χ0v) is 31.7. The van der Waals surface area contributed by atoms with Crippen LogP contribution in [-0.2, 0) is 23.7 Å². The van der Waals surface area contributed by atoms with E-state index in [4.69, 9.17) is 18.9 Å². The molecule has 0 amide bonds. The molecule has 1 aliphatic heterocycles. The Morgan fingerprint density at radius 1 is 0.571 bits per heavy atom. The molecule has 9 heteroatoms. The number of unbranched alkanes of at least 4 members (excludes halogenated alkanes) is 24. The number of aliphatic hydroxyl groups is 4. The third-order valence-corrected chi connectivity index (χ3v) is 9.77. The molecule has 0 spiro atoms. The normalized spacial score (nSPS) is 21.6. The van der Waals surface area contributed by atoms with Crippen LogP contribution in [0.3, 0.4) is 0 Å². The summed E-state index contributed by atoms with van der Waals surface area (Å²) in [4.78, 5) is 12.7. The van der Waals surface area contributed by atoms with Crippen LogP contribution in [0.5, 0.6) is 0 Å². The second kappa shape index (κ2) is 33.1. The van der Waals surface area contributed by atoms with Crippen LogP contribution in [0.15, 0.2) is 0 Å². The molecule has 1 saturated heterocycles. The van der Waals surface area contributed by atoms with Crippen molar-refractivity contribution >= 4 is 5.97 Å². The number of hydrogen-bond donors (Lipinski definition) is 4. The molecular formula is C40H78O9. The zero-order valence-electron chi connectivity index (χ0n) is 31.7. The number of ether oxygens (including phenoxy) is 4. The first kappa shape index (κ1) is 46.2. The van der Waals surface area contributed by atoms with Crippen LogP contribution < -0.4 is 0 Å². The van der Waals surface area contributed by atoms with E-state index in [0.29, 0.717) is 13.0 Å². The topological polar surface area (TPSA) is 135 Å². The Hall–Kier alpha value is -0.810. The zero-order chi connectivity index (χ0) is 35.8. The summed E-state index contributed by atoms with van der Waals surface area (Å²) in [5, 5.41) is 40.0. The van der Waals surface area contributed by atoms with Crippen molar-refractivity contribution in [3.05, 3.63) is 0 Å². The molecule has 292 valence electrons. The Kier molecular flexibility index (Phi) is 31.2. The molecule has 6 atom stereocenters. The quantitative estimate of drug-likeness (QED) is 0.0380. The van der Waals surface area contributed by atoms with Crippen molar-refractivity contribution in [1.82, 2.24) is 0 Å². The van der Waals surface area contributed by atoms with E-state index in [-0.39, 0.29) is 19.2 Å². The summed E-state index contributed by atoms with van der Waals surface area (Å²) in [6.45, 7) is 4.58. The Morgan fingerprint density at radius 3 is 1.45 bits per heavy atom. The second-order valence-electron chi connectivity index (χ2n) is 14.5. The van der Waals surface area contributed by atoms with E-state index >= 15 is 0 Å². The minimum absolute atomic E-state index is 0.106. The minimum atomic E-state index is -1.53. The summed E-state index contributed by atoms with van der Waals surface area (Å²) in [5.74, 6) is -0.310. The molecule has 0 aromatic rings. The Balaban J connectivity index is 2.29. The fourth-order valence-corrected chi connectivity index (χ4v) is 6.49. The summed E-state index contributed by atoms with van der Waals surface area (Å²) in [6, 6.07) is 0. The highest BCUT2D eigenvalue weighted by Gasteiger charge is 2.44. The van der Waals surface area contributed by atoms with E-state index in [1.54, 1.807) is 0 Å². The van der Waals surface area contributed by atoms with Crippen molar-refractivity contribution in [3.8, 4) is 0 Å². The van der Waals surface area contributed by atoms with Gasteiger partial charge < -0.3 is 39.4 Å². The molecule has 1 heterocycles. The highest BCUT2D eigenvalue weighted by Crippen LogP contribution is 2.22. The molecule has 1 fully saturated rings. The predicted molar refractivity (Wildman–Crippen MR) is 196 cm³/mol. The van der Waals surface area contributed by atoms with Gasteiger partial charge in [0.15, 0.2) is 6.29 Å². The number of aliphatic hydroxyl groups excluding tert-OH is 4. The molecule has 0 radical (unpaired) electrons. The SMILES string of the molecule is CCCCCCCCCCCCCCCCC(=O)OC(COCCCCCCCCCCCCCC)COC1OC(CO)C(O)C(O)C1O. The minimum Gasteiger partial charge on any atom is -0.457 e. The lowest BCUT2D eigenvalue weighted by Crippen LogP contribution is -2.59. The fourth-order valence-electron chi connectivity index (χ4n) is 6.49. The highest BCUT2D eigenvalue weighted by molar-refractivity contribution is 5.69. The van der Waals surface area contributed by atoms with Crippen molar-refractivity contribution in [1.29, 1.82) is 0 Å². The number of rotatable bonds is 35. The first-order chi connectivity index (χ1) is 23.9. The van der Waals surface area contributed by atoms with Crippen molar-refractivity contribution in [3.63, 3.8) is 0 Å². The van der Waals surface area contributed by atoms with E-state index < -0.39 is 43.4 Å². The largest absolute Gasteiger partial charge is 0.457 e. The van der Waals surface area contributed by atoms with Crippen LogP contribution in [-0.4, -0.2) is 89.6 Å². The van der Waals surface area contributed by atoms with Crippen molar-refractivity contribution in [2.75, 3.05) is 26.4 Å². The molecule has 49 heavy (non-hydrogen) atoms. The number of esters is 1. The second-order valence-corrected chi connectivity index (χ2v) is 14.5. The van der Waals surface area contributed by atoms with E-state index in [1.807, 2.05) is 0 Å². The molecule has 0 aromatic carbocycles. The Bertz CT molecular complexity index is 722. The molecule has 6 unspecified atom stereocenters. The van der Waals surface area contributed by atoms with Crippen molar-refractivity contribution in [2.24, 2.45) is 0 Å². The maximum Gasteiger partial charge on any atom is 0.306 e. The summed E-state index contributed by atoms with van der Waals surface area (Å²) in [6.07, 6.45) is 25.5. The maximum atomic E-state index is 12.7. The van der Waals surface area contributed by atoms with Crippen LogP contribution in [0, 0.1) is 0 Å². The molecule has 9 nitrogen and oxygen atoms in total. The molecule has 0 bridgehead atoms. The van der Waals surface area contributed by atoms with Gasteiger partial charge in [-0.05, 0) is 12.8 Å². The van der Waals surface area contributed by atoms with E-state index in [9.17, 15) is 25.2 Å². The van der Waals surface area contributed by atoms with Gasteiger partial charge >= 0.3 is 5.97 Å². The van der Waals surface area contributed by atoms with Crippen LogP contribution in [0.4, 0.5) is 0 Å². The lowest BCUT2D eigenvalue weighted by molar-refractivity contribution is -0.305. The van der Waals surface area contributed by atoms with E-state index in [1.165, 1.54) is 135 Å². The number of hydrogen-bond acceptors (Lipinski definition) is 9. The standard InChI is InChI=1S/C40H78O9/c1-3-5-7-9-11-13-15-17-18-19-21-23-25-27-29-36(42)48-34(33-47-40-39(45)38(44)37(43)35(31-41)49-40)32-46-30-28-26-24-22-20-16-14-12-10-8-6-4-2/h34-35,37-41,43-45H,3-33H2,1-2H3. The molecular weight excluding hydrogens is 624 g/mol. The number of carbonyl (C=O) groups excluding carboxylic acids is 1. The van der Waals surface area contributed by atoms with Gasteiger partial charge in [-0.2, -0.15) is 0 Å². The van der Waals surface area contributed by atoms with Gasteiger partial charge in [-0.1, -0.05) is 168 Å². The molecule has 1 aliphatic rings. The molecule has 4 N–H and O–H groups in total. The molecule has 0 aliphatic carbocycles. The highest BCUT2D eigenvalue weighted by atomic mass is 16.7. The molecule has 1 rings (SSSR count). The summed E-state index contributed by atoms with van der Waals surface area (Å²) in [7, 11) is 0. The smallest absolute Gasteiger partial charge is 0.306 e. The lowest BCUT2D eigenvalue weighted by atomic mass is 9.99. The van der Waals surface area contributed by atoms with Crippen LogP contribution >= 0.6 is 0 Å². The molecule has 0 saturated carbocycles. The van der Waals surface area contributed by atoms with Gasteiger partial charge in [-0.25, -0.2) is 0 Å². The van der Waals surface area contributed by atoms with Gasteiger partial charge in [0.1, 0.15) is 30.5 Å². The lowest BCUT2D eigenvalue weighted by Gasteiger charge is -2.39. The fraction of sp³-hybridized carbons (Fsp3) is 0.975. The van der Waals surface area contributed by atoms with Gasteiger partial charge in [0.05, 0.1) is 19.8 Å². The first-order valence-electron chi connectivity index (χ1n) is 20.6. The monoisotopic (exact) mass is 703 g/mol. The van der Waals surface area contributed by atoms with Crippen LogP contribution in [0.25, 0.3) is 0 Å². The first-order valence-corrected chi connectivity index (χ1v) is 20.6. The van der Waals surface area contributed by atoms with Gasteiger partial charge in [0.2, 0.25) is 0 Å². The summed E-state index contributed by atoms with van der Waals surface area (Å²) >= 11 is 0. The molecule has 0 aromatic heterocycles. The van der Waals surface area contributed by atoms with Gasteiger partial charge in [0, 0.05) is 13.0 Å². The van der Waals surface area contributed by atoms with Crippen LogP contribution in [0.1, 0.15) is 187 Å². The third kappa shape index (κ3) is 24.9. The number of carbonyl (C=O) groups is 1.